The molecule has 4 rings (SSSR count). The van der Waals surface area contributed by atoms with Crippen LogP contribution in [-0.2, 0) is 11.2 Å². The number of anilines is 1. The van der Waals surface area contributed by atoms with Crippen LogP contribution in [0, 0.1) is 0 Å². The summed E-state index contributed by atoms with van der Waals surface area (Å²) < 4.78 is 11.4. The summed E-state index contributed by atoms with van der Waals surface area (Å²) in [5.74, 6) is 0.709. The second kappa shape index (κ2) is 10.5. The summed E-state index contributed by atoms with van der Waals surface area (Å²) in [5, 5.41) is 0. The predicted molar refractivity (Wildman–Crippen MR) is 124 cm³/mol. The number of carbonyl (C=O) groups is 2. The highest BCUT2D eigenvalue weighted by molar-refractivity contribution is 5.96. The van der Waals surface area contributed by atoms with Gasteiger partial charge in [0.2, 0.25) is 5.91 Å². The molecule has 1 unspecified atom stereocenters. The third kappa shape index (κ3) is 5.53. The quantitative estimate of drug-likeness (QED) is 0.611. The lowest BCUT2D eigenvalue weighted by atomic mass is 10.1. The van der Waals surface area contributed by atoms with Crippen molar-refractivity contribution in [3.63, 3.8) is 0 Å². The monoisotopic (exact) mass is 453 g/mol. The smallest absolute Gasteiger partial charge is 0.325 e. The van der Waals surface area contributed by atoms with Crippen LogP contribution in [0.15, 0.2) is 36.7 Å². The number of hydrogen-bond acceptors (Lipinski definition) is 6. The number of rotatable bonds is 8. The number of nitrogens with zero attached hydrogens (tertiary/aromatic N) is 5. The van der Waals surface area contributed by atoms with Crippen molar-refractivity contribution in [2.75, 3.05) is 44.2 Å². The van der Waals surface area contributed by atoms with E-state index in [4.69, 9.17) is 9.47 Å². The van der Waals surface area contributed by atoms with Crippen LogP contribution in [0.25, 0.3) is 0 Å². The molecule has 3 amide bonds. The van der Waals surface area contributed by atoms with Gasteiger partial charge in [-0.1, -0.05) is 6.92 Å². The Morgan fingerprint density at radius 3 is 2.55 bits per heavy atom. The number of likely N-dealkylation sites (tertiary alicyclic amines) is 1. The molecule has 3 heterocycles. The largest absolute Gasteiger partial charge is 0.494 e. The van der Waals surface area contributed by atoms with Gasteiger partial charge >= 0.3 is 12.0 Å². The summed E-state index contributed by atoms with van der Waals surface area (Å²) in [6.45, 7) is 6.86. The molecule has 33 heavy (non-hydrogen) atoms. The van der Waals surface area contributed by atoms with Gasteiger partial charge in [-0.15, -0.1) is 0 Å². The van der Waals surface area contributed by atoms with Crippen molar-refractivity contribution >= 4 is 17.6 Å². The summed E-state index contributed by atoms with van der Waals surface area (Å²) in [5.41, 5.74) is 1.86. The Bertz CT molecular complexity index is 950. The number of hydrogen-bond donors (Lipinski definition) is 0. The first-order valence-electron chi connectivity index (χ1n) is 11.6. The average Bonchev–Trinajstić information content (AvgIpc) is 3.20. The normalized spacial score (nSPS) is 18.5. The minimum absolute atomic E-state index is 0.0626. The van der Waals surface area contributed by atoms with Crippen molar-refractivity contribution in [3.8, 4) is 11.8 Å². The Morgan fingerprint density at radius 1 is 1.09 bits per heavy atom. The summed E-state index contributed by atoms with van der Waals surface area (Å²) in [4.78, 5) is 39.4. The molecule has 0 spiro atoms. The number of ether oxygens (including phenoxy) is 2. The molecule has 0 aliphatic carbocycles. The number of carbonyl (C=O) groups excluding carboxylic acids is 2. The zero-order valence-electron chi connectivity index (χ0n) is 19.3. The maximum Gasteiger partial charge on any atom is 0.325 e. The lowest BCUT2D eigenvalue weighted by Crippen LogP contribution is -2.48. The summed E-state index contributed by atoms with van der Waals surface area (Å²) in [7, 11) is 0. The number of urea groups is 1. The zero-order chi connectivity index (χ0) is 23.2. The fraction of sp³-hybridized carbons (Fsp3) is 0.500. The minimum atomic E-state index is -0.151. The Morgan fingerprint density at radius 2 is 1.85 bits per heavy atom. The summed E-state index contributed by atoms with van der Waals surface area (Å²) >= 11 is 0. The maximum atomic E-state index is 13.0. The molecule has 9 heteroatoms. The molecule has 176 valence electrons. The van der Waals surface area contributed by atoms with E-state index in [9.17, 15) is 9.59 Å². The maximum absolute atomic E-state index is 13.0. The van der Waals surface area contributed by atoms with Gasteiger partial charge in [-0.05, 0) is 56.0 Å². The highest BCUT2D eigenvalue weighted by Crippen LogP contribution is 2.24. The molecule has 2 saturated heterocycles. The fourth-order valence-electron chi connectivity index (χ4n) is 4.12. The van der Waals surface area contributed by atoms with E-state index in [1.54, 1.807) is 27.1 Å². The van der Waals surface area contributed by atoms with Gasteiger partial charge in [0.05, 0.1) is 13.2 Å². The molecule has 2 aliphatic heterocycles. The third-order valence-corrected chi connectivity index (χ3v) is 5.97. The van der Waals surface area contributed by atoms with Gasteiger partial charge in [0, 0.05) is 37.7 Å². The molecule has 0 N–H and O–H groups in total. The standard InChI is InChI=1S/C24H31N5O4/c1-3-18-14-25-23(26-15-18)33-21-6-5-11-27(16-21)22(30)17-28-12-13-29(24(28)31)19-7-9-20(10-8-19)32-4-2/h7-10,14-15,21H,3-6,11-13,16-17H2,1-2H3. The van der Waals surface area contributed by atoms with Crippen molar-refractivity contribution in [2.24, 2.45) is 0 Å². The number of amides is 3. The molecule has 2 aliphatic rings. The van der Waals surface area contributed by atoms with E-state index in [1.807, 2.05) is 38.1 Å². The lowest BCUT2D eigenvalue weighted by molar-refractivity contribution is -0.134. The van der Waals surface area contributed by atoms with Gasteiger partial charge < -0.3 is 19.3 Å². The first-order chi connectivity index (χ1) is 16.1. The second-order valence-corrected chi connectivity index (χ2v) is 8.23. The molecular formula is C24H31N5O4. The number of aryl methyl sites for hydroxylation is 1. The number of benzene rings is 1. The zero-order valence-corrected chi connectivity index (χ0v) is 19.3. The van der Waals surface area contributed by atoms with E-state index in [0.717, 1.165) is 36.3 Å². The van der Waals surface area contributed by atoms with Crippen molar-refractivity contribution in [3.05, 3.63) is 42.2 Å². The van der Waals surface area contributed by atoms with Gasteiger partial charge in [0.25, 0.3) is 0 Å². The Balaban J connectivity index is 1.30. The van der Waals surface area contributed by atoms with Crippen LogP contribution in [0.1, 0.15) is 32.3 Å². The molecule has 1 aromatic carbocycles. The lowest BCUT2D eigenvalue weighted by Gasteiger charge is -2.33. The van der Waals surface area contributed by atoms with Gasteiger partial charge in [-0.2, -0.15) is 0 Å². The van der Waals surface area contributed by atoms with E-state index in [1.165, 1.54) is 0 Å². The summed E-state index contributed by atoms with van der Waals surface area (Å²) in [6, 6.07) is 7.64. The molecule has 0 bridgehead atoms. The fourth-order valence-corrected chi connectivity index (χ4v) is 4.12. The minimum Gasteiger partial charge on any atom is -0.494 e. The Hall–Kier alpha value is -3.36. The van der Waals surface area contributed by atoms with Gasteiger partial charge in [0.15, 0.2) is 0 Å². The molecular weight excluding hydrogens is 422 g/mol. The average molecular weight is 454 g/mol. The summed E-state index contributed by atoms with van der Waals surface area (Å²) in [6.07, 6.45) is 5.95. The predicted octanol–water partition coefficient (Wildman–Crippen LogP) is 2.75. The van der Waals surface area contributed by atoms with E-state index >= 15 is 0 Å². The first kappa shape index (κ1) is 22.8. The van der Waals surface area contributed by atoms with E-state index < -0.39 is 0 Å². The van der Waals surface area contributed by atoms with Crippen LogP contribution >= 0.6 is 0 Å². The van der Waals surface area contributed by atoms with Gasteiger partial charge in [-0.25, -0.2) is 14.8 Å². The van der Waals surface area contributed by atoms with Crippen LogP contribution in [0.4, 0.5) is 10.5 Å². The van der Waals surface area contributed by atoms with Crippen LogP contribution in [0.3, 0.4) is 0 Å². The Kier molecular flexibility index (Phi) is 7.26. The molecule has 2 fully saturated rings. The molecule has 0 radical (unpaired) electrons. The molecule has 9 nitrogen and oxygen atoms in total. The van der Waals surface area contributed by atoms with Crippen LogP contribution in [-0.4, -0.2) is 77.1 Å². The Labute approximate surface area is 194 Å². The second-order valence-electron chi connectivity index (χ2n) is 8.23. The SMILES string of the molecule is CCOc1ccc(N2CCN(CC(=O)N3CCCC(Oc4ncc(CC)cn4)C3)C2=O)cc1. The van der Waals surface area contributed by atoms with Crippen molar-refractivity contribution in [1.82, 2.24) is 19.8 Å². The van der Waals surface area contributed by atoms with E-state index in [0.29, 0.717) is 38.8 Å². The molecule has 1 aromatic heterocycles. The highest BCUT2D eigenvalue weighted by atomic mass is 16.5. The molecule has 1 atom stereocenters. The van der Waals surface area contributed by atoms with Gasteiger partial charge in [-0.3, -0.25) is 9.69 Å². The van der Waals surface area contributed by atoms with E-state index in [2.05, 4.69) is 9.97 Å². The topological polar surface area (TPSA) is 88.1 Å². The number of piperidine rings is 1. The van der Waals surface area contributed by atoms with Gasteiger partial charge in [0.1, 0.15) is 18.4 Å². The van der Waals surface area contributed by atoms with Crippen LogP contribution in [0.2, 0.25) is 0 Å². The highest BCUT2D eigenvalue weighted by Gasteiger charge is 2.33. The van der Waals surface area contributed by atoms with Crippen molar-refractivity contribution in [2.45, 2.75) is 39.2 Å². The van der Waals surface area contributed by atoms with Crippen molar-refractivity contribution < 1.29 is 19.1 Å². The number of aromatic nitrogens is 2. The van der Waals surface area contributed by atoms with Crippen molar-refractivity contribution in [1.29, 1.82) is 0 Å². The van der Waals surface area contributed by atoms with Crippen LogP contribution in [0.5, 0.6) is 11.8 Å². The van der Waals surface area contributed by atoms with Crippen LogP contribution < -0.4 is 14.4 Å². The first-order valence-corrected chi connectivity index (χ1v) is 11.6. The van der Waals surface area contributed by atoms with E-state index in [-0.39, 0.29) is 24.6 Å². The molecule has 0 saturated carbocycles. The third-order valence-electron chi connectivity index (χ3n) is 5.97. The molecule has 2 aromatic rings.